The third-order valence-corrected chi connectivity index (χ3v) is 12.7. The summed E-state index contributed by atoms with van der Waals surface area (Å²) in [5.41, 5.74) is -0.981. The van der Waals surface area contributed by atoms with Gasteiger partial charge in [-0.3, -0.25) is 29.0 Å². The van der Waals surface area contributed by atoms with Crippen molar-refractivity contribution < 1.29 is 66.6 Å². The fraction of sp³-hybridized carbons (Fsp3) is 0.684. The number of carbonyl (C=O) groups is 1. The number of rotatable bonds is 28. The minimum absolute atomic E-state index is 0.0598. The molecule has 6 atom stereocenters. The summed E-state index contributed by atoms with van der Waals surface area (Å²) in [5, 5.41) is 35.7. The molecule has 3 heterocycles. The SMILES string of the molecule is CCCCCCCCCCCCCCCCCCCC(OC(=O)Nc1nc2c(c(=O)[nH]1)n(C)c[n+]2[C@@H]1O[C@H](COP(=O)(O)OP(=O)(O)O)[C@H](O)C1O)c1ccccc1[N+](=O)[O-]. The molecule has 342 valence electrons. The van der Waals surface area contributed by atoms with Crippen LogP contribution in [0.5, 0.6) is 0 Å². The van der Waals surface area contributed by atoms with Gasteiger partial charge in [-0.25, -0.2) is 23.8 Å². The number of para-hydroxylation sites is 1. The van der Waals surface area contributed by atoms with Crippen molar-refractivity contribution in [1.29, 1.82) is 0 Å². The number of aromatic amines is 1. The van der Waals surface area contributed by atoms with E-state index in [1.54, 1.807) is 6.07 Å². The number of amides is 1. The van der Waals surface area contributed by atoms with E-state index in [1.807, 2.05) is 0 Å². The fourth-order valence-electron chi connectivity index (χ4n) is 7.43. The number of unbranched alkanes of at least 4 members (excludes halogenated alkanes) is 16. The molecule has 0 radical (unpaired) electrons. The second kappa shape index (κ2) is 24.3. The summed E-state index contributed by atoms with van der Waals surface area (Å²) in [6, 6.07) is 5.97. The second-order valence-corrected chi connectivity index (χ2v) is 18.2. The normalized spacial score (nSPS) is 19.5. The molecule has 1 saturated heterocycles. The Morgan fingerprint density at radius 2 is 1.51 bits per heavy atom. The minimum atomic E-state index is -5.43. The number of aryl methyl sites for hydroxylation is 1. The van der Waals surface area contributed by atoms with Gasteiger partial charge in [0.15, 0.2) is 6.33 Å². The fourth-order valence-corrected chi connectivity index (χ4v) is 9.03. The molecule has 23 heteroatoms. The van der Waals surface area contributed by atoms with Gasteiger partial charge in [-0.05, 0) is 18.9 Å². The Morgan fingerprint density at radius 3 is 2.07 bits per heavy atom. The quantitative estimate of drug-likeness (QED) is 0.0132. The van der Waals surface area contributed by atoms with Crippen LogP contribution in [0.4, 0.5) is 16.4 Å². The summed E-state index contributed by atoms with van der Waals surface area (Å²) >= 11 is 0. The molecule has 0 spiro atoms. The number of imidazole rings is 1. The van der Waals surface area contributed by atoms with Crippen LogP contribution in [0.3, 0.4) is 0 Å². The second-order valence-electron chi connectivity index (χ2n) is 15.4. The molecule has 0 saturated carbocycles. The van der Waals surface area contributed by atoms with Gasteiger partial charge in [-0.1, -0.05) is 127 Å². The van der Waals surface area contributed by atoms with Crippen molar-refractivity contribution >= 4 is 44.5 Å². The first-order valence-corrected chi connectivity index (χ1v) is 24.0. The summed E-state index contributed by atoms with van der Waals surface area (Å²) in [6.07, 6.45) is 13.2. The van der Waals surface area contributed by atoms with Crippen LogP contribution < -0.4 is 15.4 Å². The number of nitrogens with one attached hydrogen (secondary N) is 2. The van der Waals surface area contributed by atoms with Crippen LogP contribution in [0.1, 0.15) is 140 Å². The molecule has 1 aliphatic heterocycles. The Balaban J connectivity index is 1.33. The molecule has 0 aliphatic carbocycles. The van der Waals surface area contributed by atoms with Gasteiger partial charge in [0.1, 0.15) is 24.4 Å². The average Bonchev–Trinajstić information content (AvgIpc) is 3.67. The molecule has 1 fully saturated rings. The number of nitro benzene ring substituents is 1. The maximum Gasteiger partial charge on any atom is 0.481 e. The first-order valence-electron chi connectivity index (χ1n) is 21.0. The van der Waals surface area contributed by atoms with Gasteiger partial charge in [-0.15, -0.1) is 0 Å². The number of aliphatic hydroxyl groups is 2. The number of nitro groups is 1. The van der Waals surface area contributed by atoms with Gasteiger partial charge in [0, 0.05) is 6.07 Å². The van der Waals surface area contributed by atoms with E-state index in [9.17, 15) is 43.9 Å². The Labute approximate surface area is 353 Å². The maximum atomic E-state index is 13.3. The highest BCUT2D eigenvalue weighted by Gasteiger charge is 2.48. The number of phosphoric ester groups is 1. The lowest BCUT2D eigenvalue weighted by Gasteiger charge is -2.18. The maximum absolute atomic E-state index is 13.3. The third-order valence-electron chi connectivity index (χ3n) is 10.5. The van der Waals surface area contributed by atoms with Gasteiger partial charge in [0.05, 0.1) is 24.1 Å². The van der Waals surface area contributed by atoms with Crippen molar-refractivity contribution in [3.63, 3.8) is 0 Å². The first-order chi connectivity index (χ1) is 29.0. The highest BCUT2D eigenvalue weighted by Crippen LogP contribution is 2.57. The molecule has 3 unspecified atom stereocenters. The number of ether oxygens (including phenoxy) is 2. The Hall–Kier alpha value is -3.62. The van der Waals surface area contributed by atoms with E-state index in [1.165, 1.54) is 113 Å². The van der Waals surface area contributed by atoms with Gasteiger partial charge < -0.3 is 34.4 Å². The van der Waals surface area contributed by atoms with Crippen LogP contribution in [0.25, 0.3) is 11.2 Å². The average molecular weight is 904 g/mol. The molecule has 1 aromatic carbocycles. The molecule has 1 amide bonds. The zero-order chi connectivity index (χ0) is 44.6. The van der Waals surface area contributed by atoms with Crippen molar-refractivity contribution in [2.24, 2.45) is 7.05 Å². The zero-order valence-corrected chi connectivity index (χ0v) is 36.5. The number of fused-ring (bicyclic) bond motifs is 1. The highest BCUT2D eigenvalue weighted by atomic mass is 31.3. The summed E-state index contributed by atoms with van der Waals surface area (Å²) in [7, 11) is -9.28. The van der Waals surface area contributed by atoms with Crippen molar-refractivity contribution in [3.8, 4) is 0 Å². The zero-order valence-electron chi connectivity index (χ0n) is 34.7. The topological polar surface area (TPSA) is 299 Å². The molecule has 21 nitrogen and oxygen atoms in total. The third kappa shape index (κ3) is 15.9. The van der Waals surface area contributed by atoms with Crippen molar-refractivity contribution in [2.45, 2.75) is 153 Å². The van der Waals surface area contributed by atoms with Crippen LogP contribution in [0, 0.1) is 10.1 Å². The standard InChI is InChI=1S/C38H60N6O15P2/c1-3-4-5-6-7-8-9-10-11-12-13-14-15-16-17-18-19-24-29(27-22-20-21-23-28(27)44(49)50)58-38(48)41-37-39-34-31(35(47)40-37)42(2)26-43(34)36-33(46)32(45)30(57-36)25-56-61(54,55)59-60(51,52)53/h20-23,26,29-30,32-33,36,45-46H,3-19,24-25H2,1-2H3,(H4-,39,40,41,47,48,51,52,53,54,55)/p+1/t29?,30-,32+,33?,36-/m1/s1. The number of aromatic nitrogens is 4. The highest BCUT2D eigenvalue weighted by molar-refractivity contribution is 7.60. The number of H-pyrrole nitrogens is 1. The van der Waals surface area contributed by atoms with Crippen molar-refractivity contribution in [1.82, 2.24) is 14.5 Å². The Bertz CT molecular complexity index is 2030. The lowest BCUT2D eigenvalue weighted by Crippen LogP contribution is -2.46. The summed E-state index contributed by atoms with van der Waals surface area (Å²) in [6.45, 7) is 1.28. The molecule has 3 aromatic rings. The molecular weight excluding hydrogens is 842 g/mol. The van der Waals surface area contributed by atoms with E-state index < -0.39 is 75.4 Å². The van der Waals surface area contributed by atoms with Crippen LogP contribution in [-0.2, 0) is 34.5 Å². The van der Waals surface area contributed by atoms with Gasteiger partial charge in [-0.2, -0.15) is 4.31 Å². The van der Waals surface area contributed by atoms with Gasteiger partial charge in [0.25, 0.3) is 17.2 Å². The smallest absolute Gasteiger partial charge is 0.441 e. The minimum Gasteiger partial charge on any atom is -0.441 e. The number of aliphatic hydroxyl groups excluding tert-OH is 2. The van der Waals surface area contributed by atoms with Crippen LogP contribution in [-0.4, -0.2) is 75.4 Å². The van der Waals surface area contributed by atoms with Crippen molar-refractivity contribution in [3.05, 3.63) is 56.6 Å². The van der Waals surface area contributed by atoms with E-state index in [0.29, 0.717) is 12.8 Å². The predicted molar refractivity (Wildman–Crippen MR) is 221 cm³/mol. The lowest BCUT2D eigenvalue weighted by molar-refractivity contribution is -0.745. The van der Waals surface area contributed by atoms with E-state index in [-0.39, 0.29) is 22.4 Å². The molecule has 2 aromatic heterocycles. The number of hydrogen-bond acceptors (Lipinski definition) is 13. The number of anilines is 1. The van der Waals surface area contributed by atoms with Crippen LogP contribution in [0.2, 0.25) is 0 Å². The van der Waals surface area contributed by atoms with Crippen LogP contribution in [0.15, 0.2) is 35.4 Å². The number of carbonyl (C=O) groups excluding carboxylic acids is 1. The molecule has 1 aliphatic rings. The van der Waals surface area contributed by atoms with E-state index in [0.717, 1.165) is 30.3 Å². The molecule has 4 rings (SSSR count). The van der Waals surface area contributed by atoms with E-state index in [4.69, 9.17) is 19.3 Å². The number of phosphoric acid groups is 2. The number of hydrogen-bond donors (Lipinski definition) is 7. The molecule has 0 bridgehead atoms. The summed E-state index contributed by atoms with van der Waals surface area (Å²) < 4.78 is 45.0. The van der Waals surface area contributed by atoms with Crippen LogP contribution >= 0.6 is 15.6 Å². The Kier molecular flexibility index (Phi) is 19.9. The van der Waals surface area contributed by atoms with Crippen molar-refractivity contribution in [2.75, 3.05) is 11.9 Å². The van der Waals surface area contributed by atoms with Gasteiger partial charge in [0.2, 0.25) is 11.7 Å². The lowest BCUT2D eigenvalue weighted by atomic mass is 10.00. The van der Waals surface area contributed by atoms with Gasteiger partial charge >= 0.3 is 27.4 Å². The molecular formula is C38H61N6O15P2+. The summed E-state index contributed by atoms with van der Waals surface area (Å²) in [5.74, 6) is -0.398. The Morgan fingerprint density at radius 1 is 0.951 bits per heavy atom. The predicted octanol–water partition coefficient (Wildman–Crippen LogP) is 6.63. The largest absolute Gasteiger partial charge is 0.481 e. The first kappa shape index (κ1) is 50.0. The van der Waals surface area contributed by atoms with E-state index >= 15 is 0 Å². The number of benzene rings is 1. The molecule has 7 N–H and O–H groups in total. The monoisotopic (exact) mass is 903 g/mol. The summed E-state index contributed by atoms with van der Waals surface area (Å²) in [4.78, 5) is 71.9. The number of nitrogens with zero attached hydrogens (tertiary/aromatic N) is 4. The van der Waals surface area contributed by atoms with E-state index in [2.05, 4.69) is 31.0 Å². The molecule has 61 heavy (non-hydrogen) atoms.